The highest BCUT2D eigenvalue weighted by Crippen LogP contribution is 2.31. The molecular formula is C26H24BrFN4O3S2. The molecule has 4 rings (SSSR count). The van der Waals surface area contributed by atoms with Gasteiger partial charge >= 0.3 is 0 Å². The van der Waals surface area contributed by atoms with Crippen molar-refractivity contribution < 1.29 is 17.6 Å². The summed E-state index contributed by atoms with van der Waals surface area (Å²) < 4.78 is 42.2. The first-order valence-corrected chi connectivity index (χ1v) is 14.5. The molecule has 0 unspecified atom stereocenters. The Morgan fingerprint density at radius 1 is 1.11 bits per heavy atom. The molecule has 0 aliphatic rings. The van der Waals surface area contributed by atoms with Crippen molar-refractivity contribution in [2.24, 2.45) is 5.10 Å². The monoisotopic (exact) mass is 602 g/mol. The van der Waals surface area contributed by atoms with Crippen LogP contribution in [0.15, 0.2) is 81.2 Å². The van der Waals surface area contributed by atoms with Crippen LogP contribution >= 0.6 is 27.3 Å². The van der Waals surface area contributed by atoms with E-state index in [4.69, 9.17) is 0 Å². The van der Waals surface area contributed by atoms with Crippen LogP contribution in [0.5, 0.6) is 0 Å². The lowest BCUT2D eigenvalue weighted by atomic mass is 10.2. The van der Waals surface area contributed by atoms with Gasteiger partial charge in [0, 0.05) is 23.6 Å². The number of unbranched alkanes of at least 4 members (excludes halogenated alkanes) is 1. The Labute approximate surface area is 227 Å². The molecule has 0 fully saturated rings. The fraction of sp³-hybridized carbons (Fsp3) is 0.192. The number of amides is 1. The molecule has 0 saturated heterocycles. The molecular weight excluding hydrogens is 579 g/mol. The first-order valence-electron chi connectivity index (χ1n) is 11.5. The van der Waals surface area contributed by atoms with E-state index in [1.807, 2.05) is 31.2 Å². The Bertz CT molecular complexity index is 1540. The minimum absolute atomic E-state index is 0.100. The van der Waals surface area contributed by atoms with Crippen LogP contribution in [0.3, 0.4) is 0 Å². The summed E-state index contributed by atoms with van der Waals surface area (Å²) in [6, 6.07) is 17.3. The standard InChI is InChI=1S/C26H24BrFN4O3S2/c1-3-4-15-31(2)37(34,35)22-12-7-19(8-13-22)25(33)32(29-17-18-5-9-20(27)10-6-18)26-30-23-14-11-21(28)16-24(23)36-26/h5-14,16-17H,3-4,15H2,1-2H3/b29-17+. The summed E-state index contributed by atoms with van der Waals surface area (Å²) in [5.74, 6) is -0.907. The van der Waals surface area contributed by atoms with Crippen LogP contribution in [0.1, 0.15) is 35.7 Å². The summed E-state index contributed by atoms with van der Waals surface area (Å²) in [6.07, 6.45) is 3.16. The Morgan fingerprint density at radius 3 is 2.49 bits per heavy atom. The molecule has 0 saturated carbocycles. The van der Waals surface area contributed by atoms with Gasteiger partial charge in [-0.05, 0) is 66.6 Å². The molecule has 1 amide bonds. The predicted octanol–water partition coefficient (Wildman–Crippen LogP) is 6.30. The number of aromatic nitrogens is 1. The number of fused-ring (bicyclic) bond motifs is 1. The number of hydrazone groups is 1. The number of benzene rings is 3. The number of carbonyl (C=O) groups is 1. The summed E-state index contributed by atoms with van der Waals surface area (Å²) in [5.41, 5.74) is 1.52. The second-order valence-corrected chi connectivity index (χ2v) is 12.2. The first kappa shape index (κ1) is 27.1. The smallest absolute Gasteiger partial charge is 0.267 e. The molecule has 37 heavy (non-hydrogen) atoms. The van der Waals surface area contributed by atoms with E-state index in [1.54, 1.807) is 13.1 Å². The topological polar surface area (TPSA) is 82.9 Å². The molecule has 11 heteroatoms. The molecule has 3 aromatic carbocycles. The normalized spacial score (nSPS) is 12.0. The molecule has 0 bridgehead atoms. The third-order valence-electron chi connectivity index (χ3n) is 5.54. The Kier molecular flexibility index (Phi) is 8.48. The van der Waals surface area contributed by atoms with Gasteiger partial charge in [0.15, 0.2) is 0 Å². The van der Waals surface area contributed by atoms with Crippen molar-refractivity contribution in [3.8, 4) is 0 Å². The Morgan fingerprint density at radius 2 is 1.81 bits per heavy atom. The third kappa shape index (κ3) is 6.30. The van der Waals surface area contributed by atoms with Gasteiger partial charge in [-0.15, -0.1) is 0 Å². The maximum absolute atomic E-state index is 13.7. The van der Waals surface area contributed by atoms with E-state index in [2.05, 4.69) is 26.0 Å². The van der Waals surface area contributed by atoms with Gasteiger partial charge < -0.3 is 0 Å². The van der Waals surface area contributed by atoms with E-state index in [0.717, 1.165) is 39.2 Å². The average molecular weight is 604 g/mol. The van der Waals surface area contributed by atoms with Crippen LogP contribution < -0.4 is 5.01 Å². The molecule has 7 nitrogen and oxygen atoms in total. The lowest BCUT2D eigenvalue weighted by molar-refractivity contribution is 0.0987. The summed E-state index contributed by atoms with van der Waals surface area (Å²) in [4.78, 5) is 18.1. The van der Waals surface area contributed by atoms with E-state index in [0.29, 0.717) is 16.8 Å². The lowest BCUT2D eigenvalue weighted by Gasteiger charge is -2.17. The van der Waals surface area contributed by atoms with Crippen LogP contribution in [0, 0.1) is 5.82 Å². The molecule has 0 atom stereocenters. The fourth-order valence-electron chi connectivity index (χ4n) is 3.41. The highest BCUT2D eigenvalue weighted by atomic mass is 79.9. The van der Waals surface area contributed by atoms with Crippen LogP contribution in [-0.2, 0) is 10.0 Å². The van der Waals surface area contributed by atoms with Crippen molar-refractivity contribution in [1.82, 2.24) is 9.29 Å². The van der Waals surface area contributed by atoms with E-state index < -0.39 is 21.7 Å². The second kappa shape index (κ2) is 11.6. The van der Waals surface area contributed by atoms with Gasteiger partial charge in [0.25, 0.3) is 5.91 Å². The van der Waals surface area contributed by atoms with Crippen LogP contribution in [0.2, 0.25) is 0 Å². The van der Waals surface area contributed by atoms with Gasteiger partial charge in [0.2, 0.25) is 15.2 Å². The fourth-order valence-corrected chi connectivity index (χ4v) is 5.83. The van der Waals surface area contributed by atoms with Gasteiger partial charge in [0.05, 0.1) is 21.3 Å². The molecule has 0 radical (unpaired) electrons. The molecule has 4 aromatic rings. The molecule has 0 aliphatic heterocycles. The Hall–Kier alpha value is -2.99. The average Bonchev–Trinajstić information content (AvgIpc) is 3.31. The van der Waals surface area contributed by atoms with Crippen LogP contribution in [0.4, 0.5) is 9.52 Å². The van der Waals surface area contributed by atoms with Crippen molar-refractivity contribution in [2.45, 2.75) is 24.7 Å². The number of nitrogens with zero attached hydrogens (tertiary/aromatic N) is 4. The van der Waals surface area contributed by atoms with Gasteiger partial charge in [-0.3, -0.25) is 4.79 Å². The van der Waals surface area contributed by atoms with E-state index >= 15 is 0 Å². The number of hydrogen-bond donors (Lipinski definition) is 0. The molecule has 0 aliphatic carbocycles. The van der Waals surface area contributed by atoms with Crippen molar-refractivity contribution in [3.05, 3.63) is 88.1 Å². The number of halogens is 2. The van der Waals surface area contributed by atoms with E-state index in [9.17, 15) is 17.6 Å². The molecule has 1 aromatic heterocycles. The zero-order valence-corrected chi connectivity index (χ0v) is 23.4. The van der Waals surface area contributed by atoms with E-state index in [1.165, 1.54) is 46.9 Å². The molecule has 192 valence electrons. The first-order chi connectivity index (χ1) is 17.7. The van der Waals surface area contributed by atoms with Crippen molar-refractivity contribution in [3.63, 3.8) is 0 Å². The number of carbonyl (C=O) groups excluding carboxylic acids is 1. The summed E-state index contributed by atoms with van der Waals surface area (Å²) in [6.45, 7) is 2.41. The molecule has 0 N–H and O–H groups in total. The second-order valence-electron chi connectivity index (χ2n) is 8.23. The van der Waals surface area contributed by atoms with Crippen LogP contribution in [-0.4, -0.2) is 43.4 Å². The van der Waals surface area contributed by atoms with Gasteiger partial charge in [-0.2, -0.15) is 10.1 Å². The largest absolute Gasteiger partial charge is 0.280 e. The number of hydrogen-bond acceptors (Lipinski definition) is 6. The van der Waals surface area contributed by atoms with Crippen molar-refractivity contribution in [1.29, 1.82) is 0 Å². The maximum atomic E-state index is 13.7. The van der Waals surface area contributed by atoms with Gasteiger partial charge in [-0.25, -0.2) is 22.1 Å². The van der Waals surface area contributed by atoms with E-state index in [-0.39, 0.29) is 15.6 Å². The maximum Gasteiger partial charge on any atom is 0.280 e. The molecule has 1 heterocycles. The quantitative estimate of drug-likeness (QED) is 0.166. The number of rotatable bonds is 9. The minimum atomic E-state index is -3.67. The van der Waals surface area contributed by atoms with Gasteiger partial charge in [-0.1, -0.05) is 52.7 Å². The minimum Gasteiger partial charge on any atom is -0.267 e. The SMILES string of the molecule is CCCCN(C)S(=O)(=O)c1ccc(C(=O)N(/N=C/c2ccc(Br)cc2)c2nc3ccc(F)cc3s2)cc1. The summed E-state index contributed by atoms with van der Waals surface area (Å²) in [7, 11) is -2.13. The Balaban J connectivity index is 1.67. The van der Waals surface area contributed by atoms with Crippen molar-refractivity contribution in [2.75, 3.05) is 18.6 Å². The third-order valence-corrected chi connectivity index (χ3v) is 8.93. The number of thiazole rings is 1. The summed E-state index contributed by atoms with van der Waals surface area (Å²) in [5, 5.41) is 5.79. The predicted molar refractivity (Wildman–Crippen MR) is 149 cm³/mol. The molecule has 0 spiro atoms. The van der Waals surface area contributed by atoms with Crippen molar-refractivity contribution >= 4 is 64.8 Å². The number of sulfonamides is 1. The highest BCUT2D eigenvalue weighted by Gasteiger charge is 2.24. The number of anilines is 1. The van der Waals surface area contributed by atoms with Crippen LogP contribution in [0.25, 0.3) is 10.2 Å². The zero-order chi connectivity index (χ0) is 26.6. The highest BCUT2D eigenvalue weighted by molar-refractivity contribution is 9.10. The summed E-state index contributed by atoms with van der Waals surface area (Å²) >= 11 is 4.52. The van der Waals surface area contributed by atoms with Gasteiger partial charge in [0.1, 0.15) is 5.82 Å². The lowest BCUT2D eigenvalue weighted by Crippen LogP contribution is -2.28. The zero-order valence-electron chi connectivity index (χ0n) is 20.1.